The Kier molecular flexibility index (Phi) is 3.67. The molecular formula is C15H14Cl2O. The zero-order valence-corrected chi connectivity index (χ0v) is 11.8. The van der Waals surface area contributed by atoms with Gasteiger partial charge in [-0.05, 0) is 48.7 Å². The maximum atomic E-state index is 10.7. The van der Waals surface area contributed by atoms with Gasteiger partial charge in [-0.15, -0.1) is 0 Å². The summed E-state index contributed by atoms with van der Waals surface area (Å²) in [6, 6.07) is 12.7. The predicted octanol–water partition coefficient (Wildman–Crippen LogP) is 4.56. The fourth-order valence-electron chi connectivity index (χ4n) is 1.84. The number of hydrogen-bond acceptors (Lipinski definition) is 1. The van der Waals surface area contributed by atoms with E-state index in [0.717, 1.165) is 16.7 Å². The van der Waals surface area contributed by atoms with E-state index in [-0.39, 0.29) is 0 Å². The molecule has 1 atom stereocenters. The Morgan fingerprint density at radius 2 is 1.50 bits per heavy atom. The highest BCUT2D eigenvalue weighted by atomic mass is 35.5. The molecule has 0 heterocycles. The fourth-order valence-corrected chi connectivity index (χ4v) is 2.14. The number of benzene rings is 2. The Labute approximate surface area is 117 Å². The summed E-state index contributed by atoms with van der Waals surface area (Å²) < 4.78 is 0. The van der Waals surface area contributed by atoms with Gasteiger partial charge in [0.2, 0.25) is 0 Å². The summed E-state index contributed by atoms with van der Waals surface area (Å²) in [6.45, 7) is 3.68. The maximum absolute atomic E-state index is 10.7. The largest absolute Gasteiger partial charge is 0.381 e. The second kappa shape index (κ2) is 4.93. The van der Waals surface area contributed by atoms with Gasteiger partial charge in [0.1, 0.15) is 5.60 Å². The van der Waals surface area contributed by atoms with Crippen molar-refractivity contribution in [1.82, 2.24) is 0 Å². The van der Waals surface area contributed by atoms with E-state index in [9.17, 15) is 5.11 Å². The van der Waals surface area contributed by atoms with Crippen LogP contribution in [0.25, 0.3) is 0 Å². The number of aryl methyl sites for hydroxylation is 1. The normalized spacial score (nSPS) is 14.3. The van der Waals surface area contributed by atoms with Crippen molar-refractivity contribution in [3.8, 4) is 0 Å². The lowest BCUT2D eigenvalue weighted by Crippen LogP contribution is -2.22. The molecule has 0 saturated heterocycles. The molecule has 0 fully saturated rings. The van der Waals surface area contributed by atoms with Crippen LogP contribution in [-0.4, -0.2) is 5.11 Å². The third kappa shape index (κ3) is 2.54. The van der Waals surface area contributed by atoms with Gasteiger partial charge < -0.3 is 5.11 Å². The summed E-state index contributed by atoms with van der Waals surface area (Å²) >= 11 is 12.0. The zero-order chi connectivity index (χ0) is 13.3. The molecule has 1 N–H and O–H groups in total. The van der Waals surface area contributed by atoms with E-state index in [0.29, 0.717) is 10.0 Å². The van der Waals surface area contributed by atoms with Crippen LogP contribution in [0.3, 0.4) is 0 Å². The molecule has 0 aliphatic heterocycles. The Morgan fingerprint density at radius 3 is 2.06 bits per heavy atom. The van der Waals surface area contributed by atoms with Crippen molar-refractivity contribution >= 4 is 23.2 Å². The average molecular weight is 281 g/mol. The molecule has 2 aromatic carbocycles. The van der Waals surface area contributed by atoms with Crippen LogP contribution >= 0.6 is 23.2 Å². The van der Waals surface area contributed by atoms with Gasteiger partial charge in [-0.2, -0.15) is 0 Å². The molecule has 1 nitrogen and oxygen atoms in total. The summed E-state index contributed by atoms with van der Waals surface area (Å²) in [7, 11) is 0. The first-order chi connectivity index (χ1) is 8.41. The monoisotopic (exact) mass is 280 g/mol. The molecule has 3 heteroatoms. The Morgan fingerprint density at radius 1 is 0.944 bits per heavy atom. The molecule has 0 saturated carbocycles. The molecule has 0 aliphatic rings. The van der Waals surface area contributed by atoms with E-state index in [4.69, 9.17) is 23.2 Å². The summed E-state index contributed by atoms with van der Waals surface area (Å²) in [4.78, 5) is 0. The van der Waals surface area contributed by atoms with Gasteiger partial charge in [-0.1, -0.05) is 47.5 Å². The minimum Gasteiger partial charge on any atom is -0.381 e. The number of rotatable bonds is 2. The van der Waals surface area contributed by atoms with Crippen LogP contribution in [-0.2, 0) is 5.60 Å². The Balaban J connectivity index is 2.46. The molecule has 2 rings (SSSR count). The first-order valence-electron chi connectivity index (χ1n) is 5.66. The highest BCUT2D eigenvalue weighted by Crippen LogP contribution is 2.32. The van der Waals surface area contributed by atoms with Crippen LogP contribution in [0.15, 0.2) is 42.5 Å². The molecule has 0 aromatic heterocycles. The van der Waals surface area contributed by atoms with Crippen LogP contribution in [0, 0.1) is 6.92 Å². The SMILES string of the molecule is Cc1ccc(C(C)(O)c2ccc(Cl)cc2)cc1Cl. The number of hydrogen-bond donors (Lipinski definition) is 1. The van der Waals surface area contributed by atoms with Crippen molar-refractivity contribution in [3.05, 3.63) is 69.2 Å². The van der Waals surface area contributed by atoms with Crippen molar-refractivity contribution in [3.63, 3.8) is 0 Å². The topological polar surface area (TPSA) is 20.2 Å². The van der Waals surface area contributed by atoms with Crippen LogP contribution in [0.2, 0.25) is 10.0 Å². The smallest absolute Gasteiger partial charge is 0.112 e. The summed E-state index contributed by atoms with van der Waals surface area (Å²) in [5.74, 6) is 0. The van der Waals surface area contributed by atoms with E-state index in [1.54, 1.807) is 25.1 Å². The van der Waals surface area contributed by atoms with E-state index in [1.807, 2.05) is 31.2 Å². The quantitative estimate of drug-likeness (QED) is 0.855. The fraction of sp³-hybridized carbons (Fsp3) is 0.200. The van der Waals surface area contributed by atoms with Gasteiger partial charge in [-0.3, -0.25) is 0 Å². The van der Waals surface area contributed by atoms with Gasteiger partial charge in [0.05, 0.1) is 0 Å². The second-order valence-electron chi connectivity index (χ2n) is 4.54. The highest BCUT2D eigenvalue weighted by molar-refractivity contribution is 6.31. The standard InChI is InChI=1S/C15H14Cl2O/c1-10-3-4-12(9-14(10)17)15(2,18)11-5-7-13(16)8-6-11/h3-9,18H,1-2H3. The lowest BCUT2D eigenvalue weighted by molar-refractivity contribution is 0.102. The minimum atomic E-state index is -1.08. The van der Waals surface area contributed by atoms with Gasteiger partial charge in [0, 0.05) is 10.0 Å². The lowest BCUT2D eigenvalue weighted by atomic mass is 9.88. The molecule has 94 valence electrons. The van der Waals surface area contributed by atoms with E-state index < -0.39 is 5.60 Å². The van der Waals surface area contributed by atoms with Crippen molar-refractivity contribution in [1.29, 1.82) is 0 Å². The Hall–Kier alpha value is -1.02. The van der Waals surface area contributed by atoms with E-state index in [2.05, 4.69) is 0 Å². The average Bonchev–Trinajstić information content (AvgIpc) is 2.33. The summed E-state index contributed by atoms with van der Waals surface area (Å²) in [6.07, 6.45) is 0. The van der Waals surface area contributed by atoms with Crippen molar-refractivity contribution < 1.29 is 5.11 Å². The zero-order valence-electron chi connectivity index (χ0n) is 10.2. The highest BCUT2D eigenvalue weighted by Gasteiger charge is 2.25. The molecule has 0 bridgehead atoms. The van der Waals surface area contributed by atoms with Crippen LogP contribution < -0.4 is 0 Å². The molecule has 1 unspecified atom stereocenters. The van der Waals surface area contributed by atoms with Crippen LogP contribution in [0.4, 0.5) is 0 Å². The Bertz CT molecular complexity index is 559. The van der Waals surface area contributed by atoms with Gasteiger partial charge in [0.15, 0.2) is 0 Å². The number of aliphatic hydroxyl groups is 1. The number of halogens is 2. The second-order valence-corrected chi connectivity index (χ2v) is 5.39. The van der Waals surface area contributed by atoms with Crippen molar-refractivity contribution in [2.45, 2.75) is 19.4 Å². The molecule has 0 aliphatic carbocycles. The molecule has 0 amide bonds. The molecule has 18 heavy (non-hydrogen) atoms. The van der Waals surface area contributed by atoms with Gasteiger partial charge in [-0.25, -0.2) is 0 Å². The lowest BCUT2D eigenvalue weighted by Gasteiger charge is -2.25. The first-order valence-corrected chi connectivity index (χ1v) is 6.42. The summed E-state index contributed by atoms with van der Waals surface area (Å²) in [5.41, 5.74) is 1.46. The van der Waals surface area contributed by atoms with Crippen LogP contribution in [0.1, 0.15) is 23.6 Å². The third-order valence-electron chi connectivity index (χ3n) is 3.14. The van der Waals surface area contributed by atoms with Crippen molar-refractivity contribution in [2.75, 3.05) is 0 Å². The van der Waals surface area contributed by atoms with Crippen molar-refractivity contribution in [2.24, 2.45) is 0 Å². The van der Waals surface area contributed by atoms with Gasteiger partial charge >= 0.3 is 0 Å². The van der Waals surface area contributed by atoms with Gasteiger partial charge in [0.25, 0.3) is 0 Å². The van der Waals surface area contributed by atoms with E-state index in [1.165, 1.54) is 0 Å². The first kappa shape index (κ1) is 13.4. The minimum absolute atomic E-state index is 0.650. The molecule has 0 spiro atoms. The van der Waals surface area contributed by atoms with E-state index >= 15 is 0 Å². The van der Waals surface area contributed by atoms with Crippen LogP contribution in [0.5, 0.6) is 0 Å². The predicted molar refractivity (Wildman–Crippen MR) is 76.3 cm³/mol. The maximum Gasteiger partial charge on any atom is 0.112 e. The summed E-state index contributed by atoms with van der Waals surface area (Å²) in [5, 5.41) is 12.0. The third-order valence-corrected chi connectivity index (χ3v) is 3.80. The molecule has 2 aromatic rings. The molecular weight excluding hydrogens is 267 g/mol. The molecule has 0 radical (unpaired) electrons.